The molecule has 0 radical (unpaired) electrons. The number of alkyl halides is 3. The molecular weight excluding hydrogens is 359 g/mol. The molecule has 0 atom stereocenters. The second-order valence-corrected chi connectivity index (χ2v) is 6.38. The van der Waals surface area contributed by atoms with Crippen LogP contribution in [0.25, 0.3) is 0 Å². The first-order valence-electron chi connectivity index (χ1n) is 8.40. The van der Waals surface area contributed by atoms with E-state index in [4.69, 9.17) is 0 Å². The monoisotopic (exact) mass is 379 g/mol. The molecule has 0 saturated heterocycles. The third-order valence-corrected chi connectivity index (χ3v) is 3.67. The van der Waals surface area contributed by atoms with E-state index in [9.17, 15) is 22.8 Å². The zero-order chi connectivity index (χ0) is 20.0. The largest absolute Gasteiger partial charge is 0.416 e. The van der Waals surface area contributed by atoms with Crippen molar-refractivity contribution < 1.29 is 22.8 Å². The number of carbonyl (C=O) groups excluding carboxylic acids is 2. The number of halogens is 3. The molecule has 1 aromatic carbocycles. The number of pyridine rings is 1. The minimum Gasteiger partial charge on any atom is -0.351 e. The van der Waals surface area contributed by atoms with Gasteiger partial charge >= 0.3 is 6.18 Å². The Morgan fingerprint density at radius 3 is 2.30 bits per heavy atom. The van der Waals surface area contributed by atoms with Crippen molar-refractivity contribution in [1.82, 2.24) is 10.3 Å². The zero-order valence-corrected chi connectivity index (χ0v) is 14.9. The van der Waals surface area contributed by atoms with Crippen LogP contribution in [0.4, 0.5) is 18.9 Å². The number of anilines is 1. The first-order chi connectivity index (χ1) is 12.7. The standard InChI is InChI=1S/C19H20F3N3O2/c1-12(2)9-10-23-17(26)15-7-4-8-16(25-15)18(27)24-14-6-3-5-13(11-14)19(20,21)22/h3-8,11-12H,9-10H2,1-2H3,(H,23,26)(H,24,27). The summed E-state index contributed by atoms with van der Waals surface area (Å²) in [6, 6.07) is 8.63. The highest BCUT2D eigenvalue weighted by molar-refractivity contribution is 6.03. The number of amides is 2. The molecule has 2 rings (SSSR count). The molecule has 0 aliphatic carbocycles. The van der Waals surface area contributed by atoms with Crippen molar-refractivity contribution in [2.45, 2.75) is 26.4 Å². The van der Waals surface area contributed by atoms with Crippen LogP contribution >= 0.6 is 0 Å². The van der Waals surface area contributed by atoms with E-state index in [0.29, 0.717) is 12.5 Å². The fraction of sp³-hybridized carbons (Fsp3) is 0.316. The predicted molar refractivity (Wildman–Crippen MR) is 95.4 cm³/mol. The molecule has 1 heterocycles. The Balaban J connectivity index is 2.08. The van der Waals surface area contributed by atoms with Gasteiger partial charge in [-0.25, -0.2) is 4.98 Å². The molecule has 27 heavy (non-hydrogen) atoms. The highest BCUT2D eigenvalue weighted by Crippen LogP contribution is 2.30. The van der Waals surface area contributed by atoms with Crippen molar-refractivity contribution in [2.24, 2.45) is 5.92 Å². The maximum atomic E-state index is 12.8. The molecule has 0 aliphatic rings. The maximum Gasteiger partial charge on any atom is 0.416 e. The number of benzene rings is 1. The Morgan fingerprint density at radius 2 is 1.67 bits per heavy atom. The lowest BCUT2D eigenvalue weighted by atomic mass is 10.1. The van der Waals surface area contributed by atoms with Crippen molar-refractivity contribution in [3.63, 3.8) is 0 Å². The minimum absolute atomic E-state index is 0.0107. The summed E-state index contributed by atoms with van der Waals surface area (Å²) < 4.78 is 38.3. The van der Waals surface area contributed by atoms with Crippen molar-refractivity contribution in [3.8, 4) is 0 Å². The molecule has 5 nitrogen and oxygen atoms in total. The maximum absolute atomic E-state index is 12.8. The Labute approximate surface area is 155 Å². The second-order valence-electron chi connectivity index (χ2n) is 6.38. The fourth-order valence-electron chi connectivity index (χ4n) is 2.22. The van der Waals surface area contributed by atoms with Crippen LogP contribution in [0, 0.1) is 5.92 Å². The lowest BCUT2D eigenvalue weighted by Gasteiger charge is -2.10. The Morgan fingerprint density at radius 1 is 1.04 bits per heavy atom. The Bertz CT molecular complexity index is 820. The number of rotatable bonds is 6. The molecule has 1 aromatic heterocycles. The number of aromatic nitrogens is 1. The molecule has 0 aliphatic heterocycles. The summed E-state index contributed by atoms with van der Waals surface area (Å²) >= 11 is 0. The van der Waals surface area contributed by atoms with Gasteiger partial charge in [-0.05, 0) is 42.7 Å². The summed E-state index contributed by atoms with van der Waals surface area (Å²) in [4.78, 5) is 28.3. The van der Waals surface area contributed by atoms with Crippen LogP contribution in [0.1, 0.15) is 46.8 Å². The fourth-order valence-corrected chi connectivity index (χ4v) is 2.22. The van der Waals surface area contributed by atoms with E-state index in [2.05, 4.69) is 15.6 Å². The van der Waals surface area contributed by atoms with Gasteiger partial charge in [-0.2, -0.15) is 13.2 Å². The van der Waals surface area contributed by atoms with E-state index >= 15 is 0 Å². The van der Waals surface area contributed by atoms with Crippen LogP contribution < -0.4 is 10.6 Å². The van der Waals surface area contributed by atoms with Gasteiger partial charge in [-0.15, -0.1) is 0 Å². The van der Waals surface area contributed by atoms with Crippen LogP contribution in [-0.4, -0.2) is 23.3 Å². The first-order valence-corrected chi connectivity index (χ1v) is 8.40. The van der Waals surface area contributed by atoms with Gasteiger partial charge in [-0.1, -0.05) is 26.0 Å². The van der Waals surface area contributed by atoms with Crippen LogP contribution in [0.15, 0.2) is 42.5 Å². The minimum atomic E-state index is -4.51. The molecule has 0 unspecified atom stereocenters. The summed E-state index contributed by atoms with van der Waals surface area (Å²) in [6.07, 6.45) is -3.70. The topological polar surface area (TPSA) is 71.1 Å². The summed E-state index contributed by atoms with van der Waals surface area (Å²) in [6.45, 7) is 4.55. The molecule has 2 amide bonds. The second kappa shape index (κ2) is 8.66. The highest BCUT2D eigenvalue weighted by Gasteiger charge is 2.30. The Hall–Kier alpha value is -2.90. The van der Waals surface area contributed by atoms with E-state index in [1.54, 1.807) is 0 Å². The number of hydrogen-bond donors (Lipinski definition) is 2. The van der Waals surface area contributed by atoms with Gasteiger partial charge < -0.3 is 10.6 Å². The third kappa shape index (κ3) is 6.09. The number of nitrogens with one attached hydrogen (secondary N) is 2. The van der Waals surface area contributed by atoms with Crippen molar-refractivity contribution in [3.05, 3.63) is 59.4 Å². The van der Waals surface area contributed by atoms with Crippen molar-refractivity contribution in [2.75, 3.05) is 11.9 Å². The van der Waals surface area contributed by atoms with Gasteiger partial charge in [-0.3, -0.25) is 9.59 Å². The zero-order valence-electron chi connectivity index (χ0n) is 14.9. The Kier molecular flexibility index (Phi) is 6.55. The smallest absolute Gasteiger partial charge is 0.351 e. The summed E-state index contributed by atoms with van der Waals surface area (Å²) in [5.74, 6) is -0.682. The summed E-state index contributed by atoms with van der Waals surface area (Å²) in [5, 5.41) is 5.07. The normalized spacial score (nSPS) is 11.3. The van der Waals surface area contributed by atoms with E-state index in [1.165, 1.54) is 30.3 Å². The third-order valence-electron chi connectivity index (χ3n) is 3.67. The molecule has 0 fully saturated rings. The van der Waals surface area contributed by atoms with E-state index in [0.717, 1.165) is 18.6 Å². The quantitative estimate of drug-likeness (QED) is 0.793. The number of carbonyl (C=O) groups is 2. The molecule has 0 bridgehead atoms. The van der Waals surface area contributed by atoms with Crippen molar-refractivity contribution >= 4 is 17.5 Å². The summed E-state index contributed by atoms with van der Waals surface area (Å²) in [5.41, 5.74) is -0.880. The molecule has 0 spiro atoms. The lowest BCUT2D eigenvalue weighted by Crippen LogP contribution is -2.27. The molecule has 2 aromatic rings. The first kappa shape index (κ1) is 20.4. The average molecular weight is 379 g/mol. The van der Waals surface area contributed by atoms with Gasteiger partial charge in [0.2, 0.25) is 0 Å². The van der Waals surface area contributed by atoms with E-state index < -0.39 is 23.6 Å². The molecule has 0 saturated carbocycles. The number of hydrogen-bond acceptors (Lipinski definition) is 3. The number of nitrogens with zero attached hydrogens (tertiary/aromatic N) is 1. The van der Waals surface area contributed by atoms with E-state index in [1.807, 2.05) is 13.8 Å². The molecule has 144 valence electrons. The predicted octanol–water partition coefficient (Wildman–Crippen LogP) is 4.13. The summed E-state index contributed by atoms with van der Waals surface area (Å²) in [7, 11) is 0. The molecule has 2 N–H and O–H groups in total. The van der Waals surface area contributed by atoms with Gasteiger partial charge in [0.1, 0.15) is 11.4 Å². The van der Waals surface area contributed by atoms with Crippen LogP contribution in [-0.2, 0) is 6.18 Å². The lowest BCUT2D eigenvalue weighted by molar-refractivity contribution is -0.137. The van der Waals surface area contributed by atoms with E-state index in [-0.39, 0.29) is 17.1 Å². The van der Waals surface area contributed by atoms with Crippen LogP contribution in [0.5, 0.6) is 0 Å². The van der Waals surface area contributed by atoms with Gasteiger partial charge in [0.25, 0.3) is 11.8 Å². The average Bonchev–Trinajstić information content (AvgIpc) is 2.61. The van der Waals surface area contributed by atoms with Gasteiger partial charge in [0.05, 0.1) is 5.56 Å². The van der Waals surface area contributed by atoms with Crippen LogP contribution in [0.2, 0.25) is 0 Å². The van der Waals surface area contributed by atoms with Crippen molar-refractivity contribution in [1.29, 1.82) is 0 Å². The van der Waals surface area contributed by atoms with Crippen LogP contribution in [0.3, 0.4) is 0 Å². The SMILES string of the molecule is CC(C)CCNC(=O)c1cccc(C(=O)Nc2cccc(C(F)(F)F)c2)n1. The molecular formula is C19H20F3N3O2. The highest BCUT2D eigenvalue weighted by atomic mass is 19.4. The van der Waals surface area contributed by atoms with Gasteiger partial charge in [0.15, 0.2) is 0 Å². The van der Waals surface area contributed by atoms with Gasteiger partial charge in [0, 0.05) is 12.2 Å². The molecule has 8 heteroatoms.